The van der Waals surface area contributed by atoms with Crippen LogP contribution in [0, 0.1) is 11.8 Å². The maximum absolute atomic E-state index is 14.1. The van der Waals surface area contributed by atoms with Crippen molar-refractivity contribution >= 4 is 67.6 Å². The predicted molar refractivity (Wildman–Crippen MR) is 231 cm³/mol. The van der Waals surface area contributed by atoms with E-state index < -0.39 is 24.3 Å². The summed E-state index contributed by atoms with van der Waals surface area (Å²) in [6.45, 7) is 6.10. The quantitative estimate of drug-likeness (QED) is 0.116. The van der Waals surface area contributed by atoms with Crippen LogP contribution in [0.15, 0.2) is 60.7 Å². The molecule has 6 aromatic rings. The van der Waals surface area contributed by atoms with Crippen molar-refractivity contribution in [1.29, 1.82) is 0 Å². The van der Waals surface area contributed by atoms with Gasteiger partial charge in [0.2, 0.25) is 11.8 Å². The van der Waals surface area contributed by atoms with Gasteiger partial charge in [0, 0.05) is 37.1 Å². The molecule has 0 bridgehead atoms. The molecule has 3 fully saturated rings. The number of benzene rings is 4. The molecule has 0 radical (unpaired) electrons. The zero-order chi connectivity index (χ0) is 42.4. The maximum Gasteiger partial charge on any atom is 0.407 e. The molecule has 3 aliphatic heterocycles. The van der Waals surface area contributed by atoms with E-state index in [0.29, 0.717) is 39.1 Å². The molecule has 61 heavy (non-hydrogen) atoms. The van der Waals surface area contributed by atoms with E-state index >= 15 is 0 Å². The molecular weight excluding hydrogens is 777 g/mol. The molecule has 4 N–H and O–H groups in total. The summed E-state index contributed by atoms with van der Waals surface area (Å²) in [7, 11) is 2.61. The summed E-state index contributed by atoms with van der Waals surface area (Å²) in [6, 6.07) is 19.3. The number of likely N-dealkylation sites (tertiary alicyclic amines) is 2. The van der Waals surface area contributed by atoms with Gasteiger partial charge in [-0.05, 0) is 96.5 Å². The first kappa shape index (κ1) is 40.2. The summed E-state index contributed by atoms with van der Waals surface area (Å²) in [5.41, 5.74) is 5.65. The molecule has 3 saturated heterocycles. The average Bonchev–Trinajstić information content (AvgIpc) is 4.12. The van der Waals surface area contributed by atoms with E-state index in [0.717, 1.165) is 92.1 Å². The maximum atomic E-state index is 14.1. The first-order chi connectivity index (χ1) is 29.6. The van der Waals surface area contributed by atoms with Gasteiger partial charge >= 0.3 is 12.2 Å². The van der Waals surface area contributed by atoms with Crippen molar-refractivity contribution in [3.05, 3.63) is 72.3 Å². The van der Waals surface area contributed by atoms with Gasteiger partial charge in [-0.1, -0.05) is 50.2 Å². The first-order valence-corrected chi connectivity index (χ1v) is 21.3. The van der Waals surface area contributed by atoms with Crippen LogP contribution in [0.5, 0.6) is 0 Å². The highest BCUT2D eigenvalue weighted by Crippen LogP contribution is 2.38. The van der Waals surface area contributed by atoms with Crippen LogP contribution in [0.4, 0.5) is 9.59 Å². The van der Waals surface area contributed by atoms with Gasteiger partial charge in [-0.25, -0.2) is 19.6 Å². The smallest absolute Gasteiger partial charge is 0.407 e. The van der Waals surface area contributed by atoms with E-state index in [-0.39, 0.29) is 35.7 Å². The van der Waals surface area contributed by atoms with E-state index in [4.69, 9.17) is 24.2 Å². The molecule has 15 nitrogen and oxygen atoms in total. The summed E-state index contributed by atoms with van der Waals surface area (Å²) in [4.78, 5) is 73.2. The van der Waals surface area contributed by atoms with Crippen LogP contribution in [0.2, 0.25) is 0 Å². The molecule has 0 spiro atoms. The Morgan fingerprint density at radius 2 is 1.33 bits per heavy atom. The van der Waals surface area contributed by atoms with Crippen LogP contribution in [-0.4, -0.2) is 106 Å². The molecule has 4 atom stereocenters. The van der Waals surface area contributed by atoms with E-state index in [1.165, 1.54) is 14.2 Å². The lowest BCUT2D eigenvalue weighted by Crippen LogP contribution is -2.53. The minimum Gasteiger partial charge on any atom is -0.453 e. The van der Waals surface area contributed by atoms with E-state index in [2.05, 4.69) is 69.1 Å². The topological polar surface area (TPSA) is 184 Å². The fourth-order valence-corrected chi connectivity index (χ4v) is 9.63. The Morgan fingerprint density at radius 1 is 0.721 bits per heavy atom. The number of hydrogen-bond acceptors (Lipinski definition) is 9. The molecule has 4 amide bonds. The fraction of sp³-hybridized carbons (Fsp3) is 0.435. The van der Waals surface area contributed by atoms with E-state index in [1.807, 2.05) is 35.8 Å². The highest BCUT2D eigenvalue weighted by molar-refractivity contribution is 6.07. The number of nitrogens with one attached hydrogen (secondary N) is 4. The Kier molecular flexibility index (Phi) is 11.0. The van der Waals surface area contributed by atoms with Crippen molar-refractivity contribution in [2.24, 2.45) is 11.8 Å². The molecule has 3 aliphatic rings. The number of nitrogens with zero attached hydrogens (tertiary/aromatic N) is 4. The van der Waals surface area contributed by atoms with Crippen molar-refractivity contribution < 1.29 is 33.4 Å². The second-order valence-electron chi connectivity index (χ2n) is 16.8. The molecule has 4 aromatic carbocycles. The molecule has 9 rings (SSSR count). The molecule has 318 valence electrons. The minimum absolute atomic E-state index is 0.0353. The largest absolute Gasteiger partial charge is 0.453 e. The monoisotopic (exact) mass is 828 g/mol. The summed E-state index contributed by atoms with van der Waals surface area (Å²) in [5.74, 6) is 1.08. The molecular formula is C46H52N8O7. The van der Waals surface area contributed by atoms with Crippen molar-refractivity contribution in [1.82, 2.24) is 40.4 Å². The second-order valence-corrected chi connectivity index (χ2v) is 16.8. The summed E-state index contributed by atoms with van der Waals surface area (Å²) < 4.78 is 15.2. The zero-order valence-electron chi connectivity index (χ0n) is 35.0. The number of ether oxygens (including phenoxy) is 3. The van der Waals surface area contributed by atoms with Crippen LogP contribution in [0.3, 0.4) is 0 Å². The number of imidazole rings is 2. The number of aromatic nitrogens is 4. The summed E-state index contributed by atoms with van der Waals surface area (Å²) in [6.07, 6.45) is 3.37. The number of rotatable bonds is 9. The third kappa shape index (κ3) is 7.60. The SMILES string of the molecule is COC(=O)NC(C(=O)N1CCC[C@H]1c1nc2c(ccc3cc(-c4ccc5c(ccc6nc([C@@H]7CCCN7C(=O)[C@@H](NC(=O)OC)C(C)C)[nH]c65)c4)ccc32)[nH]1)C1CCOCC1. The highest BCUT2D eigenvalue weighted by Gasteiger charge is 2.41. The Bertz CT molecular complexity index is 2650. The van der Waals surface area contributed by atoms with Crippen LogP contribution >= 0.6 is 0 Å². The number of methoxy groups -OCH3 is 2. The molecule has 5 heterocycles. The van der Waals surface area contributed by atoms with Gasteiger partial charge in [0.05, 0.1) is 48.4 Å². The normalized spacial score (nSPS) is 19.6. The van der Waals surface area contributed by atoms with Crippen LogP contribution < -0.4 is 10.6 Å². The Labute approximate surface area is 352 Å². The summed E-state index contributed by atoms with van der Waals surface area (Å²) >= 11 is 0. The Morgan fingerprint density at radius 3 is 2.00 bits per heavy atom. The lowest BCUT2D eigenvalue weighted by Gasteiger charge is -2.34. The molecule has 1 unspecified atom stereocenters. The van der Waals surface area contributed by atoms with Gasteiger partial charge in [-0.15, -0.1) is 0 Å². The highest BCUT2D eigenvalue weighted by atomic mass is 16.5. The van der Waals surface area contributed by atoms with Gasteiger partial charge in [-0.3, -0.25) is 9.59 Å². The summed E-state index contributed by atoms with van der Waals surface area (Å²) in [5, 5.41) is 9.72. The van der Waals surface area contributed by atoms with Crippen molar-refractivity contribution in [3.8, 4) is 11.1 Å². The van der Waals surface area contributed by atoms with Crippen LogP contribution in [0.1, 0.15) is 76.1 Å². The van der Waals surface area contributed by atoms with Crippen molar-refractivity contribution in [2.75, 3.05) is 40.5 Å². The lowest BCUT2D eigenvalue weighted by atomic mass is 9.90. The third-order valence-corrected chi connectivity index (χ3v) is 12.9. The van der Waals surface area contributed by atoms with Gasteiger partial charge < -0.3 is 44.6 Å². The third-order valence-electron chi connectivity index (χ3n) is 12.9. The van der Waals surface area contributed by atoms with Crippen LogP contribution in [0.25, 0.3) is 54.7 Å². The molecule has 0 aliphatic carbocycles. The second kappa shape index (κ2) is 16.7. The number of carbonyl (C=O) groups excluding carboxylic acids is 4. The Hall–Kier alpha value is -6.22. The number of hydrogen-bond donors (Lipinski definition) is 4. The minimum atomic E-state index is -0.700. The van der Waals surface area contributed by atoms with Gasteiger partial charge in [0.25, 0.3) is 0 Å². The molecule has 15 heteroatoms. The predicted octanol–water partition coefficient (Wildman–Crippen LogP) is 7.27. The number of alkyl carbamates (subject to hydrolysis) is 2. The molecule has 0 saturated carbocycles. The fourth-order valence-electron chi connectivity index (χ4n) is 9.63. The van der Waals surface area contributed by atoms with Gasteiger partial charge in [0.15, 0.2) is 0 Å². The average molecular weight is 829 g/mol. The molecule has 2 aromatic heterocycles. The number of fused-ring (bicyclic) bond motifs is 6. The van der Waals surface area contributed by atoms with Crippen molar-refractivity contribution in [3.63, 3.8) is 0 Å². The lowest BCUT2D eigenvalue weighted by molar-refractivity contribution is -0.137. The number of aromatic amines is 2. The first-order valence-electron chi connectivity index (χ1n) is 21.3. The standard InChI is InChI=1S/C46H52N8O7/c1-25(2)37(51-45(57)59-3)43(55)53-19-5-7-35(53)41-47-33-15-11-29-23-27(9-13-31(29)39(33)49-41)28-10-14-32-30(24-28)12-16-34-40(32)50-42(48-34)36-8-6-20-54(36)44(56)38(52-46(58)60-4)26-17-21-61-22-18-26/h9-16,23-26,35-38H,5-8,17-22H2,1-4H3,(H,47,49)(H,48,50)(H,51,57)(H,52,58)/t35-,36-,37-,38?/m0/s1. The van der Waals surface area contributed by atoms with Gasteiger partial charge in [-0.2, -0.15) is 0 Å². The number of carbonyl (C=O) groups is 4. The Balaban J connectivity index is 0.963. The van der Waals surface area contributed by atoms with Crippen molar-refractivity contribution in [2.45, 2.75) is 76.5 Å². The number of H-pyrrole nitrogens is 2. The van der Waals surface area contributed by atoms with Crippen LogP contribution in [-0.2, 0) is 23.8 Å². The van der Waals surface area contributed by atoms with E-state index in [1.54, 1.807) is 0 Å². The van der Waals surface area contributed by atoms with E-state index in [9.17, 15) is 19.2 Å². The number of amides is 4. The zero-order valence-corrected chi connectivity index (χ0v) is 35.0. The van der Waals surface area contributed by atoms with Gasteiger partial charge in [0.1, 0.15) is 23.7 Å².